The number of primary amides is 1. The van der Waals surface area contributed by atoms with E-state index in [1.54, 1.807) is 0 Å². The van der Waals surface area contributed by atoms with Gasteiger partial charge < -0.3 is 15.6 Å². The van der Waals surface area contributed by atoms with Gasteiger partial charge in [0.05, 0.1) is 0 Å². The van der Waals surface area contributed by atoms with Gasteiger partial charge >= 0.3 is 5.97 Å². The highest BCUT2D eigenvalue weighted by atomic mass is 16.5. The standard InChI is InChI=1S/C10H19NO4/c1-7(2)6-15-5-4-10(3,8(11)12)9(13)14/h7H,4-6H2,1-3H3,(H2,11,12)(H,13,14). The summed E-state index contributed by atoms with van der Waals surface area (Å²) in [6.45, 7) is 6.07. The third-order valence-electron chi connectivity index (χ3n) is 2.21. The van der Waals surface area contributed by atoms with Crippen LogP contribution in [0.1, 0.15) is 27.2 Å². The van der Waals surface area contributed by atoms with Crippen molar-refractivity contribution in [3.8, 4) is 0 Å². The van der Waals surface area contributed by atoms with Crippen LogP contribution in [0.3, 0.4) is 0 Å². The summed E-state index contributed by atoms with van der Waals surface area (Å²) in [6, 6.07) is 0. The Kier molecular flexibility index (Phi) is 5.28. The number of amides is 1. The zero-order valence-corrected chi connectivity index (χ0v) is 9.45. The van der Waals surface area contributed by atoms with Crippen molar-refractivity contribution in [2.75, 3.05) is 13.2 Å². The summed E-state index contributed by atoms with van der Waals surface area (Å²) >= 11 is 0. The molecule has 0 aromatic heterocycles. The molecule has 0 aromatic carbocycles. The molecule has 3 N–H and O–H groups in total. The molecule has 0 saturated heterocycles. The molecule has 15 heavy (non-hydrogen) atoms. The molecule has 5 nitrogen and oxygen atoms in total. The van der Waals surface area contributed by atoms with Crippen LogP contribution in [-0.4, -0.2) is 30.2 Å². The SMILES string of the molecule is CC(C)COCCC(C)(C(N)=O)C(=O)O. The number of ether oxygens (including phenoxy) is 1. The first-order chi connectivity index (χ1) is 6.80. The number of hydrogen-bond acceptors (Lipinski definition) is 3. The number of carboxylic acids is 1. The lowest BCUT2D eigenvalue weighted by Gasteiger charge is -2.20. The van der Waals surface area contributed by atoms with Crippen LogP contribution in [0.15, 0.2) is 0 Å². The largest absolute Gasteiger partial charge is 0.480 e. The van der Waals surface area contributed by atoms with E-state index >= 15 is 0 Å². The smallest absolute Gasteiger partial charge is 0.318 e. The Hall–Kier alpha value is -1.10. The molecule has 1 unspecified atom stereocenters. The van der Waals surface area contributed by atoms with Gasteiger partial charge in [0.25, 0.3) is 0 Å². The predicted molar refractivity (Wildman–Crippen MR) is 55.2 cm³/mol. The molecule has 0 aliphatic heterocycles. The zero-order valence-electron chi connectivity index (χ0n) is 9.45. The van der Waals surface area contributed by atoms with Gasteiger partial charge in [0.1, 0.15) is 5.41 Å². The molecule has 0 heterocycles. The minimum Gasteiger partial charge on any atom is -0.480 e. The van der Waals surface area contributed by atoms with E-state index in [-0.39, 0.29) is 13.0 Å². The number of carbonyl (C=O) groups is 2. The Bertz CT molecular complexity index is 224. The van der Waals surface area contributed by atoms with Gasteiger partial charge in [-0.05, 0) is 19.3 Å². The van der Waals surface area contributed by atoms with Crippen molar-refractivity contribution in [2.45, 2.75) is 27.2 Å². The van der Waals surface area contributed by atoms with E-state index in [2.05, 4.69) is 0 Å². The summed E-state index contributed by atoms with van der Waals surface area (Å²) in [5.74, 6) is -1.65. The summed E-state index contributed by atoms with van der Waals surface area (Å²) in [6.07, 6.45) is 0.102. The second kappa shape index (κ2) is 5.70. The van der Waals surface area contributed by atoms with Gasteiger partial charge in [-0.1, -0.05) is 13.8 Å². The predicted octanol–water partition coefficient (Wildman–Crippen LogP) is 0.625. The Balaban J connectivity index is 4.10. The van der Waals surface area contributed by atoms with Crippen LogP contribution in [0.2, 0.25) is 0 Å². The molecule has 0 spiro atoms. The van der Waals surface area contributed by atoms with Crippen molar-refractivity contribution < 1.29 is 19.4 Å². The first-order valence-corrected chi connectivity index (χ1v) is 4.91. The Labute approximate surface area is 89.6 Å². The van der Waals surface area contributed by atoms with Gasteiger partial charge in [-0.25, -0.2) is 0 Å². The quantitative estimate of drug-likeness (QED) is 0.483. The average Bonchev–Trinajstić information content (AvgIpc) is 2.10. The van der Waals surface area contributed by atoms with Crippen LogP contribution in [-0.2, 0) is 14.3 Å². The van der Waals surface area contributed by atoms with Gasteiger partial charge in [0.15, 0.2) is 0 Å². The monoisotopic (exact) mass is 217 g/mol. The van der Waals surface area contributed by atoms with Crippen molar-refractivity contribution in [3.63, 3.8) is 0 Å². The minimum absolute atomic E-state index is 0.102. The second-order valence-electron chi connectivity index (χ2n) is 4.22. The van der Waals surface area contributed by atoms with Crippen molar-refractivity contribution in [1.29, 1.82) is 0 Å². The maximum atomic E-state index is 11.0. The summed E-state index contributed by atoms with van der Waals surface area (Å²) in [7, 11) is 0. The molecule has 0 saturated carbocycles. The summed E-state index contributed by atoms with van der Waals surface area (Å²) in [5, 5.41) is 8.86. The number of carboxylic acid groups (broad SMARTS) is 1. The Morgan fingerprint density at radius 1 is 1.47 bits per heavy atom. The molecule has 0 aliphatic rings. The lowest BCUT2D eigenvalue weighted by molar-refractivity contribution is -0.154. The van der Waals surface area contributed by atoms with Crippen LogP contribution in [0, 0.1) is 11.3 Å². The van der Waals surface area contributed by atoms with Crippen LogP contribution in [0.25, 0.3) is 0 Å². The molecular formula is C10H19NO4. The normalized spacial score (nSPS) is 14.9. The van der Waals surface area contributed by atoms with E-state index in [4.69, 9.17) is 15.6 Å². The molecule has 1 amide bonds. The third-order valence-corrected chi connectivity index (χ3v) is 2.21. The lowest BCUT2D eigenvalue weighted by Crippen LogP contribution is -2.42. The van der Waals surface area contributed by atoms with Crippen molar-refractivity contribution in [3.05, 3.63) is 0 Å². The highest BCUT2D eigenvalue weighted by Crippen LogP contribution is 2.21. The van der Waals surface area contributed by atoms with Gasteiger partial charge in [0, 0.05) is 13.2 Å². The number of carbonyl (C=O) groups excluding carboxylic acids is 1. The number of aliphatic carboxylic acids is 1. The van der Waals surface area contributed by atoms with Crippen LogP contribution >= 0.6 is 0 Å². The fraction of sp³-hybridized carbons (Fsp3) is 0.800. The fourth-order valence-corrected chi connectivity index (χ4v) is 0.931. The fourth-order valence-electron chi connectivity index (χ4n) is 0.931. The first kappa shape index (κ1) is 13.9. The van der Waals surface area contributed by atoms with Gasteiger partial charge in [-0.2, -0.15) is 0 Å². The molecule has 1 atom stereocenters. The lowest BCUT2D eigenvalue weighted by atomic mass is 9.86. The minimum atomic E-state index is -1.53. The van der Waals surface area contributed by atoms with Crippen LogP contribution in [0.5, 0.6) is 0 Å². The molecular weight excluding hydrogens is 198 g/mol. The summed E-state index contributed by atoms with van der Waals surface area (Å²) < 4.78 is 5.22. The topological polar surface area (TPSA) is 89.6 Å². The van der Waals surface area contributed by atoms with Crippen LogP contribution < -0.4 is 5.73 Å². The van der Waals surface area contributed by atoms with Crippen molar-refractivity contribution in [1.82, 2.24) is 0 Å². The molecule has 0 radical (unpaired) electrons. The maximum Gasteiger partial charge on any atom is 0.318 e. The molecule has 0 aromatic rings. The van der Waals surface area contributed by atoms with E-state index in [0.29, 0.717) is 12.5 Å². The highest BCUT2D eigenvalue weighted by molar-refractivity contribution is 6.00. The first-order valence-electron chi connectivity index (χ1n) is 4.91. The van der Waals surface area contributed by atoms with E-state index < -0.39 is 17.3 Å². The van der Waals surface area contributed by atoms with E-state index in [1.807, 2.05) is 13.8 Å². The number of rotatable bonds is 7. The van der Waals surface area contributed by atoms with Crippen molar-refractivity contribution in [2.24, 2.45) is 17.1 Å². The van der Waals surface area contributed by atoms with Crippen LogP contribution in [0.4, 0.5) is 0 Å². The molecule has 0 fully saturated rings. The molecule has 0 bridgehead atoms. The van der Waals surface area contributed by atoms with Crippen molar-refractivity contribution >= 4 is 11.9 Å². The third kappa shape index (κ3) is 4.29. The number of nitrogens with two attached hydrogens (primary N) is 1. The van der Waals surface area contributed by atoms with Gasteiger partial charge in [0.2, 0.25) is 5.91 Å². The number of hydrogen-bond donors (Lipinski definition) is 2. The molecule has 0 aliphatic carbocycles. The second-order valence-corrected chi connectivity index (χ2v) is 4.22. The molecule has 88 valence electrons. The van der Waals surface area contributed by atoms with Gasteiger partial charge in [-0.15, -0.1) is 0 Å². The summed E-state index contributed by atoms with van der Waals surface area (Å²) in [5.41, 5.74) is 3.51. The molecule has 5 heteroatoms. The zero-order chi connectivity index (χ0) is 12.1. The van der Waals surface area contributed by atoms with E-state index in [0.717, 1.165) is 0 Å². The van der Waals surface area contributed by atoms with E-state index in [1.165, 1.54) is 6.92 Å². The van der Waals surface area contributed by atoms with E-state index in [9.17, 15) is 9.59 Å². The maximum absolute atomic E-state index is 11.0. The molecule has 0 rings (SSSR count). The average molecular weight is 217 g/mol. The Morgan fingerprint density at radius 3 is 2.33 bits per heavy atom. The summed E-state index contributed by atoms with van der Waals surface area (Å²) in [4.78, 5) is 21.8. The Morgan fingerprint density at radius 2 is 2.00 bits per heavy atom. The highest BCUT2D eigenvalue weighted by Gasteiger charge is 2.39. The van der Waals surface area contributed by atoms with Gasteiger partial charge in [-0.3, -0.25) is 9.59 Å².